The van der Waals surface area contributed by atoms with Gasteiger partial charge in [-0.15, -0.1) is 12.4 Å². The van der Waals surface area contributed by atoms with Gasteiger partial charge in [-0.1, -0.05) is 0 Å². The van der Waals surface area contributed by atoms with Gasteiger partial charge in [-0.05, 0) is 13.0 Å². The molecular formula is C7H15ClN2O. The first kappa shape index (κ1) is 10.7. The summed E-state index contributed by atoms with van der Waals surface area (Å²) in [5.74, 6) is 0.486. The molecule has 0 radical (unpaired) electrons. The van der Waals surface area contributed by atoms with Crippen LogP contribution in [0.1, 0.15) is 6.42 Å². The molecule has 1 heterocycles. The molecule has 1 amide bonds. The molecule has 1 saturated heterocycles. The molecule has 0 aliphatic carbocycles. The van der Waals surface area contributed by atoms with Gasteiger partial charge in [0.1, 0.15) is 0 Å². The second-order valence-corrected chi connectivity index (χ2v) is 2.92. The number of nitrogens with one attached hydrogen (secondary N) is 1. The van der Waals surface area contributed by atoms with E-state index in [1.165, 1.54) is 0 Å². The van der Waals surface area contributed by atoms with Crippen LogP contribution in [0.25, 0.3) is 0 Å². The van der Waals surface area contributed by atoms with Crippen molar-refractivity contribution in [1.82, 2.24) is 10.2 Å². The van der Waals surface area contributed by atoms with Crippen molar-refractivity contribution in [3.8, 4) is 0 Å². The maximum atomic E-state index is 11.2. The molecule has 66 valence electrons. The molecule has 1 aliphatic rings. The molecule has 1 fully saturated rings. The maximum Gasteiger partial charge on any atom is 0.226 e. The van der Waals surface area contributed by atoms with E-state index in [9.17, 15) is 4.79 Å². The molecule has 1 rings (SSSR count). The summed E-state index contributed by atoms with van der Waals surface area (Å²) in [6, 6.07) is 0. The van der Waals surface area contributed by atoms with Gasteiger partial charge >= 0.3 is 0 Å². The normalized spacial score (nSPS) is 22.5. The van der Waals surface area contributed by atoms with Gasteiger partial charge in [-0.3, -0.25) is 4.79 Å². The van der Waals surface area contributed by atoms with Gasteiger partial charge < -0.3 is 10.2 Å². The van der Waals surface area contributed by atoms with Crippen molar-refractivity contribution in [3.63, 3.8) is 0 Å². The van der Waals surface area contributed by atoms with Crippen LogP contribution in [-0.2, 0) is 4.79 Å². The highest BCUT2D eigenvalue weighted by atomic mass is 35.5. The minimum atomic E-state index is 0. The highest BCUT2D eigenvalue weighted by molar-refractivity contribution is 5.85. The minimum absolute atomic E-state index is 0. The van der Waals surface area contributed by atoms with Crippen LogP contribution < -0.4 is 5.32 Å². The molecule has 11 heavy (non-hydrogen) atoms. The molecule has 3 nitrogen and oxygen atoms in total. The number of nitrogens with zero attached hydrogens (tertiary/aromatic N) is 1. The molecule has 1 atom stereocenters. The lowest BCUT2D eigenvalue weighted by Crippen LogP contribution is -2.30. The zero-order chi connectivity index (χ0) is 7.56. The van der Waals surface area contributed by atoms with Gasteiger partial charge in [0, 0.05) is 20.6 Å². The number of carbonyl (C=O) groups is 1. The highest BCUT2D eigenvalue weighted by Crippen LogP contribution is 2.09. The Bertz CT molecular complexity index is 132. The quantitative estimate of drug-likeness (QED) is 0.618. The Morgan fingerprint density at radius 3 is 2.55 bits per heavy atom. The highest BCUT2D eigenvalue weighted by Gasteiger charge is 2.23. The summed E-state index contributed by atoms with van der Waals surface area (Å²) in [4.78, 5) is 12.9. The van der Waals surface area contributed by atoms with Crippen LogP contribution in [0.4, 0.5) is 0 Å². The standard InChI is InChI=1S/C7H14N2O.ClH/c1-9(2)7(10)6-3-4-8-5-6;/h6,8H,3-5H2,1-2H3;1H. The third kappa shape index (κ3) is 2.67. The van der Waals surface area contributed by atoms with Crippen molar-refractivity contribution in [2.75, 3.05) is 27.2 Å². The van der Waals surface area contributed by atoms with E-state index >= 15 is 0 Å². The fourth-order valence-electron chi connectivity index (χ4n) is 1.23. The number of carbonyl (C=O) groups excluding carboxylic acids is 1. The van der Waals surface area contributed by atoms with E-state index in [4.69, 9.17) is 0 Å². The molecule has 0 aromatic heterocycles. The Morgan fingerprint density at radius 2 is 2.18 bits per heavy atom. The van der Waals surface area contributed by atoms with Crippen LogP contribution in [-0.4, -0.2) is 38.0 Å². The Kier molecular flexibility index (Phi) is 4.45. The molecular weight excluding hydrogens is 164 g/mol. The molecule has 0 aromatic carbocycles. The van der Waals surface area contributed by atoms with Crippen molar-refractivity contribution in [2.24, 2.45) is 5.92 Å². The van der Waals surface area contributed by atoms with Crippen LogP contribution in [0, 0.1) is 5.92 Å². The second-order valence-electron chi connectivity index (χ2n) is 2.92. The Labute approximate surface area is 73.5 Å². The van der Waals surface area contributed by atoms with Crippen LogP contribution in [0.15, 0.2) is 0 Å². The largest absolute Gasteiger partial charge is 0.349 e. The van der Waals surface area contributed by atoms with E-state index in [2.05, 4.69) is 5.32 Å². The van der Waals surface area contributed by atoms with Gasteiger partial charge in [-0.25, -0.2) is 0 Å². The van der Waals surface area contributed by atoms with Crippen molar-refractivity contribution >= 4 is 18.3 Å². The predicted octanol–water partition coefficient (Wildman–Crippen LogP) is 0.106. The summed E-state index contributed by atoms with van der Waals surface area (Å²) in [5, 5.41) is 3.16. The summed E-state index contributed by atoms with van der Waals surface area (Å²) in [6.45, 7) is 1.85. The Balaban J connectivity index is 0.000001000. The lowest BCUT2D eigenvalue weighted by Gasteiger charge is -2.14. The monoisotopic (exact) mass is 178 g/mol. The average molecular weight is 179 g/mol. The van der Waals surface area contributed by atoms with Gasteiger partial charge in [0.05, 0.1) is 5.92 Å². The topological polar surface area (TPSA) is 32.3 Å². The molecule has 0 aromatic rings. The fraction of sp³-hybridized carbons (Fsp3) is 0.857. The predicted molar refractivity (Wildman–Crippen MR) is 46.9 cm³/mol. The second kappa shape index (κ2) is 4.57. The smallest absolute Gasteiger partial charge is 0.226 e. The third-order valence-electron chi connectivity index (χ3n) is 1.85. The van der Waals surface area contributed by atoms with Gasteiger partial charge in [0.25, 0.3) is 0 Å². The first-order valence-corrected chi connectivity index (χ1v) is 3.63. The minimum Gasteiger partial charge on any atom is -0.349 e. The maximum absolute atomic E-state index is 11.2. The van der Waals surface area contributed by atoms with E-state index in [0.717, 1.165) is 19.5 Å². The molecule has 4 heteroatoms. The Morgan fingerprint density at radius 1 is 1.55 bits per heavy atom. The van der Waals surface area contributed by atoms with E-state index in [1.807, 2.05) is 0 Å². The third-order valence-corrected chi connectivity index (χ3v) is 1.85. The summed E-state index contributed by atoms with van der Waals surface area (Å²) in [7, 11) is 3.61. The zero-order valence-corrected chi connectivity index (χ0v) is 7.78. The van der Waals surface area contributed by atoms with E-state index in [-0.39, 0.29) is 24.2 Å². The van der Waals surface area contributed by atoms with Gasteiger partial charge in [0.2, 0.25) is 5.91 Å². The van der Waals surface area contributed by atoms with Gasteiger partial charge in [-0.2, -0.15) is 0 Å². The lowest BCUT2D eigenvalue weighted by molar-refractivity contribution is -0.132. The van der Waals surface area contributed by atoms with Crippen molar-refractivity contribution in [1.29, 1.82) is 0 Å². The van der Waals surface area contributed by atoms with Crippen molar-refractivity contribution < 1.29 is 4.79 Å². The van der Waals surface area contributed by atoms with E-state index in [0.29, 0.717) is 0 Å². The molecule has 0 bridgehead atoms. The first-order chi connectivity index (χ1) is 4.72. The molecule has 1 N–H and O–H groups in total. The molecule has 1 aliphatic heterocycles. The fourth-order valence-corrected chi connectivity index (χ4v) is 1.23. The summed E-state index contributed by atoms with van der Waals surface area (Å²) in [5.41, 5.74) is 0. The average Bonchev–Trinajstić information content (AvgIpc) is 2.36. The number of hydrogen-bond acceptors (Lipinski definition) is 2. The molecule has 0 saturated carbocycles. The summed E-state index contributed by atoms with van der Waals surface area (Å²) < 4.78 is 0. The number of hydrogen-bond donors (Lipinski definition) is 1. The van der Waals surface area contributed by atoms with Crippen molar-refractivity contribution in [3.05, 3.63) is 0 Å². The first-order valence-electron chi connectivity index (χ1n) is 3.63. The molecule has 1 unspecified atom stereocenters. The lowest BCUT2D eigenvalue weighted by atomic mass is 10.1. The Hall–Kier alpha value is -0.280. The number of rotatable bonds is 1. The van der Waals surface area contributed by atoms with Crippen LogP contribution >= 0.6 is 12.4 Å². The molecule has 0 spiro atoms. The number of halogens is 1. The van der Waals surface area contributed by atoms with Crippen LogP contribution in [0.5, 0.6) is 0 Å². The summed E-state index contributed by atoms with van der Waals surface area (Å²) in [6.07, 6.45) is 0.997. The van der Waals surface area contributed by atoms with Crippen LogP contribution in [0.2, 0.25) is 0 Å². The summed E-state index contributed by atoms with van der Waals surface area (Å²) >= 11 is 0. The van der Waals surface area contributed by atoms with E-state index < -0.39 is 0 Å². The van der Waals surface area contributed by atoms with Crippen molar-refractivity contribution in [2.45, 2.75) is 6.42 Å². The zero-order valence-electron chi connectivity index (χ0n) is 6.96. The van der Waals surface area contributed by atoms with Crippen LogP contribution in [0.3, 0.4) is 0 Å². The SMILES string of the molecule is CN(C)C(=O)C1CCNC1.Cl. The van der Waals surface area contributed by atoms with E-state index in [1.54, 1.807) is 19.0 Å². The number of amides is 1. The van der Waals surface area contributed by atoms with Gasteiger partial charge in [0.15, 0.2) is 0 Å².